The van der Waals surface area contributed by atoms with Gasteiger partial charge in [0.1, 0.15) is 10.6 Å². The summed E-state index contributed by atoms with van der Waals surface area (Å²) in [4.78, 5) is 21.2. The number of sulfonamides is 1. The molecule has 0 fully saturated rings. The third-order valence-corrected chi connectivity index (χ3v) is 4.49. The molecule has 0 aromatic heterocycles. The average Bonchev–Trinajstić information content (AvgIpc) is 2.54. The Hall–Kier alpha value is -3.14. The summed E-state index contributed by atoms with van der Waals surface area (Å²) in [6.07, 6.45) is 0. The molecule has 0 bridgehead atoms. The van der Waals surface area contributed by atoms with Crippen LogP contribution in [0.3, 0.4) is 0 Å². The summed E-state index contributed by atoms with van der Waals surface area (Å²) in [7, 11) is -2.97. The Kier molecular flexibility index (Phi) is 4.69. The molecule has 0 aliphatic rings. The molecule has 0 aliphatic carbocycles. The van der Waals surface area contributed by atoms with E-state index in [-0.39, 0.29) is 27.6 Å². The molecule has 10 heteroatoms. The number of carbonyl (C=O) groups excluding carboxylic acids is 1. The summed E-state index contributed by atoms with van der Waals surface area (Å²) in [5.41, 5.74) is 4.87. The van der Waals surface area contributed by atoms with Crippen LogP contribution in [0.25, 0.3) is 0 Å². The molecule has 126 valence electrons. The van der Waals surface area contributed by atoms with Crippen LogP contribution in [0, 0.1) is 10.1 Å². The van der Waals surface area contributed by atoms with Gasteiger partial charge in [0.05, 0.1) is 29.4 Å². The number of hydrogen-bond acceptors (Lipinski definition) is 6. The highest BCUT2D eigenvalue weighted by Crippen LogP contribution is 2.30. The summed E-state index contributed by atoms with van der Waals surface area (Å²) in [6.45, 7) is 0. The van der Waals surface area contributed by atoms with Gasteiger partial charge < -0.3 is 10.5 Å². The monoisotopic (exact) mass is 351 g/mol. The van der Waals surface area contributed by atoms with Crippen LogP contribution in [0.5, 0.6) is 5.75 Å². The number of anilines is 1. The first-order valence-corrected chi connectivity index (χ1v) is 7.98. The molecular formula is C14H13N3O6S. The molecule has 9 nitrogen and oxygen atoms in total. The Morgan fingerprint density at radius 1 is 1.25 bits per heavy atom. The van der Waals surface area contributed by atoms with Crippen molar-refractivity contribution in [1.82, 2.24) is 0 Å². The second-order valence-electron chi connectivity index (χ2n) is 4.61. The van der Waals surface area contributed by atoms with Gasteiger partial charge in [-0.05, 0) is 18.2 Å². The molecule has 0 atom stereocenters. The molecule has 2 aromatic carbocycles. The van der Waals surface area contributed by atoms with Gasteiger partial charge in [0.2, 0.25) is 0 Å². The first kappa shape index (κ1) is 17.2. The Balaban J connectivity index is 2.49. The lowest BCUT2D eigenvalue weighted by Crippen LogP contribution is -2.19. The van der Waals surface area contributed by atoms with Crippen molar-refractivity contribution in [2.45, 2.75) is 4.90 Å². The molecule has 0 saturated carbocycles. The Bertz CT molecular complexity index is 910. The number of amides is 1. The van der Waals surface area contributed by atoms with Gasteiger partial charge in [0, 0.05) is 6.07 Å². The predicted molar refractivity (Wildman–Crippen MR) is 85.4 cm³/mol. The lowest BCUT2D eigenvalue weighted by molar-refractivity contribution is -0.385. The van der Waals surface area contributed by atoms with E-state index in [4.69, 9.17) is 10.5 Å². The molecular weight excluding hydrogens is 338 g/mol. The molecule has 2 rings (SSSR count). The summed E-state index contributed by atoms with van der Waals surface area (Å²) >= 11 is 0. The number of methoxy groups -OCH3 is 1. The largest absolute Gasteiger partial charge is 0.495 e. The standard InChI is InChI=1S/C14H13N3O6S/c1-23-12-8-9(17(19)20)6-7-13(12)24(21,22)16-11-5-3-2-4-10(11)14(15)18/h2-8,16H,1H3,(H2,15,18). The topological polar surface area (TPSA) is 142 Å². The van der Waals surface area contributed by atoms with Gasteiger partial charge in [0.15, 0.2) is 0 Å². The maximum Gasteiger partial charge on any atom is 0.273 e. The van der Waals surface area contributed by atoms with Gasteiger partial charge in [-0.15, -0.1) is 0 Å². The molecule has 0 heterocycles. The summed E-state index contributed by atoms with van der Waals surface area (Å²) in [6, 6.07) is 8.88. The molecule has 2 aromatic rings. The fourth-order valence-corrected chi connectivity index (χ4v) is 3.21. The van der Waals surface area contributed by atoms with Crippen LogP contribution in [-0.2, 0) is 10.0 Å². The zero-order valence-electron chi connectivity index (χ0n) is 12.4. The zero-order valence-corrected chi connectivity index (χ0v) is 13.2. The van der Waals surface area contributed by atoms with Gasteiger partial charge in [-0.2, -0.15) is 0 Å². The van der Waals surface area contributed by atoms with Gasteiger partial charge in [-0.25, -0.2) is 8.42 Å². The molecule has 0 aliphatic heterocycles. The highest BCUT2D eigenvalue weighted by Gasteiger charge is 2.23. The number of primary amides is 1. The number of para-hydroxylation sites is 1. The first-order valence-electron chi connectivity index (χ1n) is 6.50. The highest BCUT2D eigenvalue weighted by atomic mass is 32.2. The number of nitrogens with zero attached hydrogens (tertiary/aromatic N) is 1. The van der Waals surface area contributed by atoms with Crippen LogP contribution in [0.15, 0.2) is 47.4 Å². The number of carbonyl (C=O) groups is 1. The van der Waals surface area contributed by atoms with Gasteiger partial charge in [0.25, 0.3) is 21.6 Å². The van der Waals surface area contributed by atoms with Crippen LogP contribution in [0.1, 0.15) is 10.4 Å². The third-order valence-electron chi connectivity index (χ3n) is 3.08. The van der Waals surface area contributed by atoms with E-state index >= 15 is 0 Å². The van der Waals surface area contributed by atoms with E-state index in [2.05, 4.69) is 4.72 Å². The number of ether oxygens (including phenoxy) is 1. The van der Waals surface area contributed by atoms with E-state index in [9.17, 15) is 23.3 Å². The quantitative estimate of drug-likeness (QED) is 0.596. The van der Waals surface area contributed by atoms with Crippen molar-refractivity contribution >= 4 is 27.3 Å². The van der Waals surface area contributed by atoms with Crippen molar-refractivity contribution in [1.29, 1.82) is 0 Å². The Morgan fingerprint density at radius 3 is 2.50 bits per heavy atom. The van der Waals surface area contributed by atoms with Gasteiger partial charge >= 0.3 is 0 Å². The minimum absolute atomic E-state index is 0.00888. The number of nitrogens with two attached hydrogens (primary N) is 1. The molecule has 0 radical (unpaired) electrons. The fourth-order valence-electron chi connectivity index (χ4n) is 1.98. The molecule has 1 amide bonds. The van der Waals surface area contributed by atoms with Crippen molar-refractivity contribution in [3.05, 3.63) is 58.1 Å². The number of nitrogens with one attached hydrogen (secondary N) is 1. The van der Waals surface area contributed by atoms with Gasteiger partial charge in [-0.3, -0.25) is 19.6 Å². The molecule has 0 spiro atoms. The maximum absolute atomic E-state index is 12.5. The molecule has 24 heavy (non-hydrogen) atoms. The third kappa shape index (κ3) is 3.43. The minimum atomic E-state index is -4.16. The van der Waals surface area contributed by atoms with Crippen molar-refractivity contribution in [3.63, 3.8) is 0 Å². The minimum Gasteiger partial charge on any atom is -0.495 e. The smallest absolute Gasteiger partial charge is 0.273 e. The summed E-state index contributed by atoms with van der Waals surface area (Å²) < 4.78 is 32.2. The lowest BCUT2D eigenvalue weighted by Gasteiger charge is -2.13. The molecule has 0 saturated heterocycles. The van der Waals surface area contributed by atoms with E-state index < -0.39 is 20.9 Å². The van der Waals surface area contributed by atoms with E-state index in [1.807, 2.05) is 0 Å². The average molecular weight is 351 g/mol. The summed E-state index contributed by atoms with van der Waals surface area (Å²) in [5, 5.41) is 10.8. The lowest BCUT2D eigenvalue weighted by atomic mass is 10.2. The zero-order chi connectivity index (χ0) is 17.9. The number of rotatable bonds is 6. The maximum atomic E-state index is 12.5. The fraction of sp³-hybridized carbons (Fsp3) is 0.0714. The Morgan fingerprint density at radius 2 is 1.92 bits per heavy atom. The van der Waals surface area contributed by atoms with Crippen LogP contribution >= 0.6 is 0 Å². The molecule has 3 N–H and O–H groups in total. The van der Waals surface area contributed by atoms with E-state index in [0.717, 1.165) is 18.2 Å². The van der Waals surface area contributed by atoms with Crippen molar-refractivity contribution in [3.8, 4) is 5.75 Å². The number of benzene rings is 2. The Labute approximate surface area is 137 Å². The van der Waals surface area contributed by atoms with Crippen LogP contribution < -0.4 is 15.2 Å². The summed E-state index contributed by atoms with van der Waals surface area (Å²) in [5.74, 6) is -1.00. The van der Waals surface area contributed by atoms with Crippen LogP contribution in [-0.4, -0.2) is 26.4 Å². The predicted octanol–water partition coefficient (Wildman–Crippen LogP) is 1.50. The second kappa shape index (κ2) is 6.54. The number of non-ortho nitro benzene ring substituents is 1. The van der Waals surface area contributed by atoms with Crippen molar-refractivity contribution < 1.29 is 22.9 Å². The number of hydrogen-bond donors (Lipinski definition) is 2. The normalized spacial score (nSPS) is 10.9. The second-order valence-corrected chi connectivity index (χ2v) is 6.26. The first-order chi connectivity index (χ1) is 11.3. The van der Waals surface area contributed by atoms with Gasteiger partial charge in [-0.1, -0.05) is 12.1 Å². The highest BCUT2D eigenvalue weighted by molar-refractivity contribution is 7.92. The van der Waals surface area contributed by atoms with Crippen molar-refractivity contribution in [2.24, 2.45) is 5.73 Å². The number of nitro groups is 1. The SMILES string of the molecule is COc1cc([N+](=O)[O-])ccc1S(=O)(=O)Nc1ccccc1C(N)=O. The number of nitro benzene ring substituents is 1. The van der Waals surface area contributed by atoms with Crippen LogP contribution in [0.2, 0.25) is 0 Å². The van der Waals surface area contributed by atoms with Crippen molar-refractivity contribution in [2.75, 3.05) is 11.8 Å². The van der Waals surface area contributed by atoms with E-state index in [1.165, 1.54) is 31.4 Å². The van der Waals surface area contributed by atoms with Crippen LogP contribution in [0.4, 0.5) is 11.4 Å². The van der Waals surface area contributed by atoms with E-state index in [0.29, 0.717) is 0 Å². The van der Waals surface area contributed by atoms with E-state index in [1.54, 1.807) is 0 Å². The molecule has 0 unspecified atom stereocenters.